The minimum Gasteiger partial charge on any atom is -0.494 e. The number of likely N-dealkylation sites (tertiary alicyclic amines) is 1. The second-order valence-corrected chi connectivity index (χ2v) is 6.74. The SMILES string of the molecule is CC(C)CCOc1cccc(CN2CCC(C(=O)NN)CC2)c1. The van der Waals surface area contributed by atoms with E-state index >= 15 is 0 Å². The minimum atomic E-state index is -0.0369. The van der Waals surface area contributed by atoms with Gasteiger partial charge in [-0.25, -0.2) is 5.84 Å². The number of rotatable bonds is 7. The number of nitrogens with two attached hydrogens (primary N) is 1. The van der Waals surface area contributed by atoms with Crippen molar-refractivity contribution < 1.29 is 9.53 Å². The monoisotopic (exact) mass is 319 g/mol. The van der Waals surface area contributed by atoms with Crippen LogP contribution in [0.15, 0.2) is 24.3 Å². The third kappa shape index (κ3) is 5.84. The summed E-state index contributed by atoms with van der Waals surface area (Å²) in [5.74, 6) is 6.83. The van der Waals surface area contributed by atoms with Gasteiger partial charge in [-0.1, -0.05) is 26.0 Å². The predicted molar refractivity (Wildman–Crippen MR) is 91.7 cm³/mol. The largest absolute Gasteiger partial charge is 0.494 e. The van der Waals surface area contributed by atoms with Crippen LogP contribution in [0.25, 0.3) is 0 Å². The summed E-state index contributed by atoms with van der Waals surface area (Å²) < 4.78 is 5.82. The predicted octanol–water partition coefficient (Wildman–Crippen LogP) is 2.31. The molecule has 0 aromatic heterocycles. The molecule has 1 aliphatic heterocycles. The van der Waals surface area contributed by atoms with E-state index in [0.29, 0.717) is 5.92 Å². The van der Waals surface area contributed by atoms with Gasteiger partial charge in [0, 0.05) is 12.5 Å². The maximum absolute atomic E-state index is 11.6. The van der Waals surface area contributed by atoms with Gasteiger partial charge in [-0.05, 0) is 56.0 Å². The third-order valence-electron chi connectivity index (χ3n) is 4.37. The van der Waals surface area contributed by atoms with E-state index in [-0.39, 0.29) is 11.8 Å². The van der Waals surface area contributed by atoms with Crippen LogP contribution in [0.4, 0.5) is 0 Å². The van der Waals surface area contributed by atoms with Crippen LogP contribution in [0.1, 0.15) is 38.7 Å². The Kier molecular flexibility index (Phi) is 6.86. The van der Waals surface area contributed by atoms with Gasteiger partial charge in [0.05, 0.1) is 6.61 Å². The summed E-state index contributed by atoms with van der Waals surface area (Å²) in [6.45, 7) is 7.93. The Balaban J connectivity index is 1.81. The van der Waals surface area contributed by atoms with Crippen LogP contribution in [0, 0.1) is 11.8 Å². The second-order valence-electron chi connectivity index (χ2n) is 6.74. The van der Waals surface area contributed by atoms with Gasteiger partial charge in [0.2, 0.25) is 5.91 Å². The van der Waals surface area contributed by atoms with Gasteiger partial charge < -0.3 is 4.74 Å². The first kappa shape index (κ1) is 17.8. The van der Waals surface area contributed by atoms with Crippen LogP contribution in [0.2, 0.25) is 0 Å². The Morgan fingerprint density at radius 3 is 2.78 bits per heavy atom. The molecule has 0 aliphatic carbocycles. The highest BCUT2D eigenvalue weighted by Crippen LogP contribution is 2.21. The Labute approximate surface area is 139 Å². The lowest BCUT2D eigenvalue weighted by atomic mass is 9.96. The van der Waals surface area contributed by atoms with Crippen molar-refractivity contribution in [2.45, 2.75) is 39.7 Å². The number of piperidine rings is 1. The number of hydrazine groups is 1. The number of hydrogen-bond acceptors (Lipinski definition) is 4. The van der Waals surface area contributed by atoms with Crippen molar-refractivity contribution in [1.82, 2.24) is 10.3 Å². The van der Waals surface area contributed by atoms with E-state index < -0.39 is 0 Å². The summed E-state index contributed by atoms with van der Waals surface area (Å²) in [5, 5.41) is 0. The average Bonchev–Trinajstić information content (AvgIpc) is 2.55. The molecule has 0 bridgehead atoms. The standard InChI is InChI=1S/C18H29N3O2/c1-14(2)8-11-23-17-5-3-4-15(12-17)13-21-9-6-16(7-10-21)18(22)20-19/h3-5,12,14,16H,6-11,13,19H2,1-2H3,(H,20,22). The van der Waals surface area contributed by atoms with Crippen LogP contribution in [-0.4, -0.2) is 30.5 Å². The maximum Gasteiger partial charge on any atom is 0.237 e. The molecule has 1 aromatic carbocycles. The third-order valence-corrected chi connectivity index (χ3v) is 4.37. The zero-order chi connectivity index (χ0) is 16.7. The summed E-state index contributed by atoms with van der Waals surface area (Å²) in [6, 6.07) is 8.32. The van der Waals surface area contributed by atoms with Gasteiger partial charge in [-0.2, -0.15) is 0 Å². The molecule has 0 atom stereocenters. The van der Waals surface area contributed by atoms with E-state index in [1.165, 1.54) is 5.56 Å². The molecule has 3 N–H and O–H groups in total. The number of ether oxygens (including phenoxy) is 1. The van der Waals surface area contributed by atoms with Crippen LogP contribution in [0.5, 0.6) is 5.75 Å². The van der Waals surface area contributed by atoms with E-state index in [4.69, 9.17) is 10.6 Å². The first-order valence-electron chi connectivity index (χ1n) is 8.53. The molecular formula is C18H29N3O2. The van der Waals surface area contributed by atoms with Crippen LogP contribution in [0.3, 0.4) is 0 Å². The summed E-state index contributed by atoms with van der Waals surface area (Å²) in [5.41, 5.74) is 3.52. The zero-order valence-electron chi connectivity index (χ0n) is 14.3. The normalized spacial score (nSPS) is 16.5. The van der Waals surface area contributed by atoms with Crippen molar-refractivity contribution in [2.75, 3.05) is 19.7 Å². The van der Waals surface area contributed by atoms with Gasteiger partial charge in [0.15, 0.2) is 0 Å². The first-order chi connectivity index (χ1) is 11.1. The van der Waals surface area contributed by atoms with Gasteiger partial charge in [0.1, 0.15) is 5.75 Å². The Morgan fingerprint density at radius 2 is 2.13 bits per heavy atom. The van der Waals surface area contributed by atoms with Crippen molar-refractivity contribution in [3.8, 4) is 5.75 Å². The van der Waals surface area contributed by atoms with Gasteiger partial charge >= 0.3 is 0 Å². The van der Waals surface area contributed by atoms with Crippen molar-refractivity contribution in [3.63, 3.8) is 0 Å². The number of hydrogen-bond donors (Lipinski definition) is 2. The lowest BCUT2D eigenvalue weighted by Crippen LogP contribution is -2.42. The molecule has 5 heteroatoms. The number of nitrogens with one attached hydrogen (secondary N) is 1. The molecular weight excluding hydrogens is 290 g/mol. The van der Waals surface area contributed by atoms with E-state index in [0.717, 1.165) is 51.3 Å². The molecule has 0 saturated carbocycles. The number of carbonyl (C=O) groups is 1. The van der Waals surface area contributed by atoms with E-state index in [9.17, 15) is 4.79 Å². The molecule has 5 nitrogen and oxygen atoms in total. The molecule has 23 heavy (non-hydrogen) atoms. The van der Waals surface area contributed by atoms with Crippen molar-refractivity contribution in [3.05, 3.63) is 29.8 Å². The molecule has 0 unspecified atom stereocenters. The average molecular weight is 319 g/mol. The van der Waals surface area contributed by atoms with Crippen LogP contribution < -0.4 is 16.0 Å². The molecule has 1 saturated heterocycles. The Bertz CT molecular complexity index is 497. The van der Waals surface area contributed by atoms with E-state index in [1.54, 1.807) is 0 Å². The van der Waals surface area contributed by atoms with Gasteiger partial charge in [-0.3, -0.25) is 15.1 Å². The molecule has 128 valence electrons. The summed E-state index contributed by atoms with van der Waals surface area (Å²) >= 11 is 0. The van der Waals surface area contributed by atoms with E-state index in [2.05, 4.69) is 42.4 Å². The molecule has 0 radical (unpaired) electrons. The van der Waals surface area contributed by atoms with Crippen LogP contribution >= 0.6 is 0 Å². The topological polar surface area (TPSA) is 67.6 Å². The van der Waals surface area contributed by atoms with Gasteiger partial charge in [-0.15, -0.1) is 0 Å². The van der Waals surface area contributed by atoms with Crippen molar-refractivity contribution >= 4 is 5.91 Å². The fourth-order valence-corrected chi connectivity index (χ4v) is 2.88. The Morgan fingerprint density at radius 1 is 1.39 bits per heavy atom. The van der Waals surface area contributed by atoms with Gasteiger partial charge in [0.25, 0.3) is 0 Å². The molecule has 0 spiro atoms. The lowest BCUT2D eigenvalue weighted by Gasteiger charge is -2.31. The molecule has 1 amide bonds. The van der Waals surface area contributed by atoms with Crippen molar-refractivity contribution in [1.29, 1.82) is 0 Å². The Hall–Kier alpha value is -1.59. The maximum atomic E-state index is 11.6. The first-order valence-corrected chi connectivity index (χ1v) is 8.53. The molecule has 1 fully saturated rings. The molecule has 1 aromatic rings. The molecule has 1 aliphatic rings. The highest BCUT2D eigenvalue weighted by atomic mass is 16.5. The second kappa shape index (κ2) is 8.89. The minimum absolute atomic E-state index is 0.0369. The highest BCUT2D eigenvalue weighted by molar-refractivity contribution is 5.78. The zero-order valence-corrected chi connectivity index (χ0v) is 14.3. The summed E-state index contributed by atoms with van der Waals surface area (Å²) in [6.07, 6.45) is 2.81. The molecule has 2 rings (SSSR count). The number of carbonyl (C=O) groups excluding carboxylic acids is 1. The highest BCUT2D eigenvalue weighted by Gasteiger charge is 2.24. The number of benzene rings is 1. The fraction of sp³-hybridized carbons (Fsp3) is 0.611. The van der Waals surface area contributed by atoms with E-state index in [1.807, 2.05) is 6.07 Å². The van der Waals surface area contributed by atoms with Crippen molar-refractivity contribution in [2.24, 2.45) is 17.7 Å². The summed E-state index contributed by atoms with van der Waals surface area (Å²) in [4.78, 5) is 13.9. The lowest BCUT2D eigenvalue weighted by molar-refractivity contribution is -0.126. The smallest absolute Gasteiger partial charge is 0.237 e. The number of nitrogens with zero attached hydrogens (tertiary/aromatic N) is 1. The summed E-state index contributed by atoms with van der Waals surface area (Å²) in [7, 11) is 0. The van der Waals surface area contributed by atoms with Crippen LogP contribution in [-0.2, 0) is 11.3 Å². The number of amides is 1. The fourth-order valence-electron chi connectivity index (χ4n) is 2.88. The molecule has 1 heterocycles. The quantitative estimate of drug-likeness (QED) is 0.460.